The molecule has 0 aromatic heterocycles. The highest BCUT2D eigenvalue weighted by Crippen LogP contribution is 2.11. The molecule has 1 amide bonds. The number of carbonyl (C=O) groups is 1. The van der Waals surface area contributed by atoms with Gasteiger partial charge in [-0.25, -0.2) is 0 Å². The lowest BCUT2D eigenvalue weighted by molar-refractivity contribution is -0.120. The topological polar surface area (TPSA) is 29.1 Å². The highest BCUT2D eigenvalue weighted by Gasteiger charge is 2.04. The number of halogens is 2. The molecule has 0 aliphatic heterocycles. The van der Waals surface area contributed by atoms with Gasteiger partial charge in [-0.3, -0.25) is 4.79 Å². The Morgan fingerprint density at radius 2 is 2.06 bits per heavy atom. The number of carbonyl (C=O) groups excluding carboxylic acids is 1. The molecule has 0 bridgehead atoms. The van der Waals surface area contributed by atoms with Gasteiger partial charge in [-0.05, 0) is 36.5 Å². The highest BCUT2D eigenvalue weighted by molar-refractivity contribution is 9.10. The minimum atomic E-state index is 0.0795. The Labute approximate surface area is 122 Å². The van der Waals surface area contributed by atoms with Gasteiger partial charge in [0.1, 0.15) is 0 Å². The summed E-state index contributed by atoms with van der Waals surface area (Å²) in [7, 11) is 0. The smallest absolute Gasteiger partial charge is 0.224 e. The molecule has 1 unspecified atom stereocenters. The van der Waals surface area contributed by atoms with Crippen LogP contribution in [0.3, 0.4) is 0 Å². The van der Waals surface area contributed by atoms with Crippen molar-refractivity contribution in [2.24, 2.45) is 5.92 Å². The average molecular weight is 333 g/mol. The van der Waals surface area contributed by atoms with Gasteiger partial charge in [0.05, 0.1) is 6.42 Å². The lowest BCUT2D eigenvalue weighted by Crippen LogP contribution is -2.26. The highest BCUT2D eigenvalue weighted by atomic mass is 79.9. The Balaban J connectivity index is 2.19. The minimum absolute atomic E-state index is 0.0795. The second-order valence-corrected chi connectivity index (χ2v) is 5.78. The third-order valence-electron chi connectivity index (χ3n) is 2.74. The molecule has 0 spiro atoms. The lowest BCUT2D eigenvalue weighted by Gasteiger charge is -2.08. The number of nitrogens with one attached hydrogen (secondary N) is 1. The molecule has 4 heteroatoms. The largest absolute Gasteiger partial charge is 0.356 e. The molecule has 1 aromatic carbocycles. The summed E-state index contributed by atoms with van der Waals surface area (Å²) >= 11 is 9.09. The van der Waals surface area contributed by atoms with Gasteiger partial charge in [0.25, 0.3) is 0 Å². The molecular weight excluding hydrogens is 314 g/mol. The molecule has 0 aliphatic rings. The molecule has 1 N–H and O–H groups in total. The van der Waals surface area contributed by atoms with E-state index in [2.05, 4.69) is 28.2 Å². The van der Waals surface area contributed by atoms with E-state index in [4.69, 9.17) is 11.6 Å². The van der Waals surface area contributed by atoms with E-state index in [9.17, 15) is 4.79 Å². The standard InChI is InChI=1S/C14H19BrClNO/c1-11(10-16)3-2-8-17-14(18)9-12-4-6-13(15)7-5-12/h4-7,11H,2-3,8-10H2,1H3,(H,17,18). The van der Waals surface area contributed by atoms with Crippen molar-refractivity contribution in [3.05, 3.63) is 34.3 Å². The van der Waals surface area contributed by atoms with Crippen LogP contribution in [-0.4, -0.2) is 18.3 Å². The van der Waals surface area contributed by atoms with E-state index in [1.165, 1.54) is 0 Å². The van der Waals surface area contributed by atoms with Crippen LogP contribution in [0.15, 0.2) is 28.7 Å². The SMILES string of the molecule is CC(CCl)CCCNC(=O)Cc1ccc(Br)cc1. The molecule has 18 heavy (non-hydrogen) atoms. The second-order valence-electron chi connectivity index (χ2n) is 4.55. The van der Waals surface area contributed by atoms with Crippen LogP contribution in [0.4, 0.5) is 0 Å². The van der Waals surface area contributed by atoms with Crippen molar-refractivity contribution in [3.63, 3.8) is 0 Å². The maximum atomic E-state index is 11.7. The van der Waals surface area contributed by atoms with Crippen molar-refractivity contribution in [1.82, 2.24) is 5.32 Å². The van der Waals surface area contributed by atoms with Gasteiger partial charge in [-0.2, -0.15) is 0 Å². The van der Waals surface area contributed by atoms with Crippen molar-refractivity contribution < 1.29 is 4.79 Å². The van der Waals surface area contributed by atoms with Gasteiger partial charge in [0, 0.05) is 16.9 Å². The third-order valence-corrected chi connectivity index (χ3v) is 3.79. The monoisotopic (exact) mass is 331 g/mol. The molecule has 0 radical (unpaired) electrons. The van der Waals surface area contributed by atoms with Gasteiger partial charge in [0.2, 0.25) is 5.91 Å². The summed E-state index contributed by atoms with van der Waals surface area (Å²) in [5, 5.41) is 2.93. The summed E-state index contributed by atoms with van der Waals surface area (Å²) in [6, 6.07) is 7.81. The number of rotatable bonds is 7. The van der Waals surface area contributed by atoms with Crippen molar-refractivity contribution in [1.29, 1.82) is 0 Å². The molecule has 1 atom stereocenters. The van der Waals surface area contributed by atoms with Crippen molar-refractivity contribution in [2.45, 2.75) is 26.2 Å². The molecule has 1 rings (SSSR count). The molecule has 1 aromatic rings. The minimum Gasteiger partial charge on any atom is -0.356 e. The number of amides is 1. The third kappa shape index (κ3) is 6.41. The Kier molecular flexibility index (Phi) is 7.36. The summed E-state index contributed by atoms with van der Waals surface area (Å²) in [4.78, 5) is 11.7. The van der Waals surface area contributed by atoms with Crippen molar-refractivity contribution in [3.8, 4) is 0 Å². The quantitative estimate of drug-likeness (QED) is 0.598. The van der Waals surface area contributed by atoms with Crippen LogP contribution in [0, 0.1) is 5.92 Å². The zero-order chi connectivity index (χ0) is 13.4. The zero-order valence-electron chi connectivity index (χ0n) is 10.6. The summed E-state index contributed by atoms with van der Waals surface area (Å²) in [5.41, 5.74) is 1.03. The second kappa shape index (κ2) is 8.54. The molecule has 100 valence electrons. The fourth-order valence-corrected chi connectivity index (χ4v) is 2.02. The normalized spacial score (nSPS) is 12.2. The first-order chi connectivity index (χ1) is 8.61. The van der Waals surface area contributed by atoms with Crippen molar-refractivity contribution in [2.75, 3.05) is 12.4 Å². The van der Waals surface area contributed by atoms with Gasteiger partial charge < -0.3 is 5.32 Å². The lowest BCUT2D eigenvalue weighted by atomic mass is 10.1. The Morgan fingerprint density at radius 3 is 2.67 bits per heavy atom. The van der Waals surface area contributed by atoms with E-state index in [1.54, 1.807) is 0 Å². The van der Waals surface area contributed by atoms with Gasteiger partial charge in [-0.1, -0.05) is 35.0 Å². The zero-order valence-corrected chi connectivity index (χ0v) is 12.9. The molecule has 0 heterocycles. The van der Waals surface area contributed by atoms with E-state index in [-0.39, 0.29) is 5.91 Å². The van der Waals surface area contributed by atoms with Crippen LogP contribution < -0.4 is 5.32 Å². The van der Waals surface area contributed by atoms with Crippen molar-refractivity contribution >= 4 is 33.4 Å². The van der Waals surface area contributed by atoms with Crippen LogP contribution in [0.25, 0.3) is 0 Å². The number of alkyl halides is 1. The first-order valence-electron chi connectivity index (χ1n) is 6.19. The van der Waals surface area contributed by atoms with Crippen LogP contribution in [-0.2, 0) is 11.2 Å². The maximum absolute atomic E-state index is 11.7. The molecular formula is C14H19BrClNO. The summed E-state index contributed by atoms with van der Waals surface area (Å²) < 4.78 is 1.03. The molecule has 2 nitrogen and oxygen atoms in total. The fourth-order valence-electron chi connectivity index (χ4n) is 1.61. The van der Waals surface area contributed by atoms with Crippen LogP contribution in [0.1, 0.15) is 25.3 Å². The Morgan fingerprint density at radius 1 is 1.39 bits per heavy atom. The number of benzene rings is 1. The molecule has 0 aliphatic carbocycles. The number of hydrogen-bond donors (Lipinski definition) is 1. The summed E-state index contributed by atoms with van der Waals surface area (Å²) in [6.07, 6.45) is 2.49. The Hall–Kier alpha value is -0.540. The Bertz CT molecular complexity index is 367. The van der Waals surface area contributed by atoms with Crippen LogP contribution >= 0.6 is 27.5 Å². The van der Waals surface area contributed by atoms with Gasteiger partial charge >= 0.3 is 0 Å². The van der Waals surface area contributed by atoms with Crippen LogP contribution in [0.5, 0.6) is 0 Å². The van der Waals surface area contributed by atoms with E-state index in [0.717, 1.165) is 29.4 Å². The summed E-state index contributed by atoms with van der Waals surface area (Å²) in [5.74, 6) is 1.29. The molecule has 0 fully saturated rings. The van der Waals surface area contributed by atoms with E-state index < -0.39 is 0 Å². The van der Waals surface area contributed by atoms with Gasteiger partial charge in [-0.15, -0.1) is 11.6 Å². The first kappa shape index (κ1) is 15.5. The van der Waals surface area contributed by atoms with E-state index in [1.807, 2.05) is 24.3 Å². The maximum Gasteiger partial charge on any atom is 0.224 e. The molecule has 0 saturated carbocycles. The first-order valence-corrected chi connectivity index (χ1v) is 7.51. The molecule has 0 saturated heterocycles. The van der Waals surface area contributed by atoms with E-state index in [0.29, 0.717) is 18.2 Å². The van der Waals surface area contributed by atoms with E-state index >= 15 is 0 Å². The number of hydrogen-bond acceptors (Lipinski definition) is 1. The predicted molar refractivity (Wildman–Crippen MR) is 80.0 cm³/mol. The van der Waals surface area contributed by atoms with Gasteiger partial charge in [0.15, 0.2) is 0 Å². The van der Waals surface area contributed by atoms with Crippen LogP contribution in [0.2, 0.25) is 0 Å². The summed E-state index contributed by atoms with van der Waals surface area (Å²) in [6.45, 7) is 2.85. The average Bonchev–Trinajstić information content (AvgIpc) is 2.37. The fraction of sp³-hybridized carbons (Fsp3) is 0.500. The predicted octanol–water partition coefficient (Wildman–Crippen LogP) is 3.76.